The standard InChI is InChI=1S/C14H14N2O5/c1-16(7-9-4-5-21-8-9)14(20)15-11-3-2-10(13(18)19)6-12(11)17/h2-6,8,17H,7H2,1H3,(H,15,20)(H,18,19). The summed E-state index contributed by atoms with van der Waals surface area (Å²) in [4.78, 5) is 24.1. The van der Waals surface area contributed by atoms with Crippen molar-refractivity contribution in [3.05, 3.63) is 47.9 Å². The molecule has 0 aliphatic carbocycles. The van der Waals surface area contributed by atoms with Crippen LogP contribution in [0.3, 0.4) is 0 Å². The Hall–Kier alpha value is -2.96. The highest BCUT2D eigenvalue weighted by Crippen LogP contribution is 2.24. The fraction of sp³-hybridized carbons (Fsp3) is 0.143. The highest BCUT2D eigenvalue weighted by atomic mass is 16.4. The topological polar surface area (TPSA) is 103 Å². The molecule has 0 bridgehead atoms. The Labute approximate surface area is 120 Å². The quantitative estimate of drug-likeness (QED) is 0.750. The molecule has 21 heavy (non-hydrogen) atoms. The van der Waals surface area contributed by atoms with E-state index in [-0.39, 0.29) is 17.0 Å². The number of phenols is 1. The molecule has 0 saturated carbocycles. The molecule has 0 saturated heterocycles. The average molecular weight is 290 g/mol. The van der Waals surface area contributed by atoms with Crippen LogP contribution in [0.2, 0.25) is 0 Å². The minimum absolute atomic E-state index is 0.0581. The van der Waals surface area contributed by atoms with Gasteiger partial charge in [0.05, 0.1) is 30.3 Å². The summed E-state index contributed by atoms with van der Waals surface area (Å²) in [6.07, 6.45) is 3.04. The molecule has 1 heterocycles. The Balaban J connectivity index is 2.03. The van der Waals surface area contributed by atoms with Crippen LogP contribution in [0.4, 0.5) is 10.5 Å². The lowest BCUT2D eigenvalue weighted by Crippen LogP contribution is -2.30. The van der Waals surface area contributed by atoms with Crippen molar-refractivity contribution in [2.24, 2.45) is 0 Å². The first-order chi connectivity index (χ1) is 9.97. The second-order valence-corrected chi connectivity index (χ2v) is 4.45. The number of urea groups is 1. The molecule has 7 heteroatoms. The summed E-state index contributed by atoms with van der Waals surface area (Å²) in [6.45, 7) is 0.344. The Morgan fingerprint density at radius 3 is 2.67 bits per heavy atom. The third kappa shape index (κ3) is 3.53. The molecule has 2 amide bonds. The van der Waals surface area contributed by atoms with Gasteiger partial charge in [0.25, 0.3) is 0 Å². The number of carbonyl (C=O) groups excluding carboxylic acids is 1. The van der Waals surface area contributed by atoms with Crippen molar-refractivity contribution in [2.75, 3.05) is 12.4 Å². The zero-order valence-corrected chi connectivity index (χ0v) is 11.2. The number of carboxylic acids is 1. The number of rotatable bonds is 4. The van der Waals surface area contributed by atoms with Crippen LogP contribution in [0.15, 0.2) is 41.2 Å². The van der Waals surface area contributed by atoms with Crippen molar-refractivity contribution >= 4 is 17.7 Å². The van der Waals surface area contributed by atoms with Gasteiger partial charge in [0.15, 0.2) is 0 Å². The fourth-order valence-corrected chi connectivity index (χ4v) is 1.71. The molecule has 110 valence electrons. The van der Waals surface area contributed by atoms with Crippen molar-refractivity contribution in [3.8, 4) is 5.75 Å². The number of carboxylic acid groups (broad SMARTS) is 1. The van der Waals surface area contributed by atoms with E-state index >= 15 is 0 Å². The Morgan fingerprint density at radius 2 is 2.10 bits per heavy atom. The predicted molar refractivity (Wildman–Crippen MR) is 74.3 cm³/mol. The number of aromatic hydroxyl groups is 1. The lowest BCUT2D eigenvalue weighted by Gasteiger charge is -2.17. The fourth-order valence-electron chi connectivity index (χ4n) is 1.71. The lowest BCUT2D eigenvalue weighted by atomic mass is 10.2. The smallest absolute Gasteiger partial charge is 0.335 e. The zero-order chi connectivity index (χ0) is 15.4. The van der Waals surface area contributed by atoms with E-state index in [1.807, 2.05) is 0 Å². The number of phenolic OH excluding ortho intramolecular Hbond substituents is 1. The Morgan fingerprint density at radius 1 is 1.33 bits per heavy atom. The normalized spacial score (nSPS) is 10.1. The van der Waals surface area contributed by atoms with Gasteiger partial charge in [-0.3, -0.25) is 0 Å². The van der Waals surface area contributed by atoms with E-state index in [1.165, 1.54) is 29.6 Å². The van der Waals surface area contributed by atoms with Crippen LogP contribution in [0, 0.1) is 0 Å². The zero-order valence-electron chi connectivity index (χ0n) is 11.2. The van der Waals surface area contributed by atoms with E-state index in [0.29, 0.717) is 6.54 Å². The molecule has 0 aliphatic rings. The number of nitrogens with zero attached hydrogens (tertiary/aromatic N) is 1. The average Bonchev–Trinajstić information content (AvgIpc) is 2.93. The maximum atomic E-state index is 12.0. The number of furan rings is 1. The molecule has 3 N–H and O–H groups in total. The lowest BCUT2D eigenvalue weighted by molar-refractivity contribution is 0.0696. The van der Waals surface area contributed by atoms with Gasteiger partial charge in [0.1, 0.15) is 5.75 Å². The van der Waals surface area contributed by atoms with Crippen LogP contribution < -0.4 is 5.32 Å². The SMILES string of the molecule is CN(Cc1ccoc1)C(=O)Nc1ccc(C(=O)O)cc1O. The molecular formula is C14H14N2O5. The van der Waals surface area contributed by atoms with Gasteiger partial charge < -0.3 is 24.8 Å². The molecule has 1 aromatic carbocycles. The van der Waals surface area contributed by atoms with E-state index in [2.05, 4.69) is 5.32 Å². The third-order valence-electron chi connectivity index (χ3n) is 2.83. The summed E-state index contributed by atoms with van der Waals surface area (Å²) in [7, 11) is 1.59. The number of anilines is 1. The minimum atomic E-state index is -1.15. The third-order valence-corrected chi connectivity index (χ3v) is 2.83. The van der Waals surface area contributed by atoms with Gasteiger partial charge in [-0.2, -0.15) is 0 Å². The monoisotopic (exact) mass is 290 g/mol. The number of carbonyl (C=O) groups is 2. The van der Waals surface area contributed by atoms with E-state index in [1.54, 1.807) is 13.1 Å². The molecule has 2 aromatic rings. The Bertz CT molecular complexity index is 651. The van der Waals surface area contributed by atoms with Crippen molar-refractivity contribution in [2.45, 2.75) is 6.54 Å². The number of hydrogen-bond donors (Lipinski definition) is 3. The molecule has 2 rings (SSSR count). The summed E-state index contributed by atoms with van der Waals surface area (Å²) in [5.74, 6) is -1.46. The minimum Gasteiger partial charge on any atom is -0.506 e. The summed E-state index contributed by atoms with van der Waals surface area (Å²) < 4.78 is 4.91. The second kappa shape index (κ2) is 6.00. The maximum Gasteiger partial charge on any atom is 0.335 e. The predicted octanol–water partition coefficient (Wildman–Crippen LogP) is 2.35. The van der Waals surface area contributed by atoms with Gasteiger partial charge in [-0.25, -0.2) is 9.59 Å². The summed E-state index contributed by atoms with van der Waals surface area (Å²) >= 11 is 0. The van der Waals surface area contributed by atoms with E-state index in [0.717, 1.165) is 11.6 Å². The van der Waals surface area contributed by atoms with Crippen molar-refractivity contribution < 1.29 is 24.2 Å². The van der Waals surface area contributed by atoms with Gasteiger partial charge in [-0.05, 0) is 24.3 Å². The summed E-state index contributed by atoms with van der Waals surface area (Å²) in [6, 6.07) is 5.02. The number of hydrogen-bond acceptors (Lipinski definition) is 4. The number of amides is 2. The van der Waals surface area contributed by atoms with Crippen LogP contribution in [0.5, 0.6) is 5.75 Å². The molecule has 0 spiro atoms. The maximum absolute atomic E-state index is 12.0. The molecule has 0 aliphatic heterocycles. The van der Waals surface area contributed by atoms with E-state index < -0.39 is 12.0 Å². The number of nitrogens with one attached hydrogen (secondary N) is 1. The molecule has 0 radical (unpaired) electrons. The number of benzene rings is 1. The van der Waals surface area contributed by atoms with Crippen LogP contribution in [0.25, 0.3) is 0 Å². The van der Waals surface area contributed by atoms with Crippen molar-refractivity contribution in [1.29, 1.82) is 0 Å². The summed E-state index contributed by atoms with van der Waals surface area (Å²) in [5.41, 5.74) is 0.916. The van der Waals surface area contributed by atoms with Gasteiger partial charge >= 0.3 is 12.0 Å². The van der Waals surface area contributed by atoms with E-state index in [4.69, 9.17) is 9.52 Å². The second-order valence-electron chi connectivity index (χ2n) is 4.45. The first-order valence-corrected chi connectivity index (χ1v) is 6.07. The highest BCUT2D eigenvalue weighted by molar-refractivity contribution is 5.93. The largest absolute Gasteiger partial charge is 0.506 e. The van der Waals surface area contributed by atoms with Crippen molar-refractivity contribution in [1.82, 2.24) is 4.90 Å². The molecule has 1 aromatic heterocycles. The number of aromatic carboxylic acids is 1. The molecule has 0 fully saturated rings. The van der Waals surface area contributed by atoms with Crippen LogP contribution >= 0.6 is 0 Å². The van der Waals surface area contributed by atoms with Gasteiger partial charge in [-0.1, -0.05) is 0 Å². The molecule has 0 atom stereocenters. The molecular weight excluding hydrogens is 276 g/mol. The van der Waals surface area contributed by atoms with Gasteiger partial charge in [0, 0.05) is 12.6 Å². The van der Waals surface area contributed by atoms with E-state index in [9.17, 15) is 14.7 Å². The summed E-state index contributed by atoms with van der Waals surface area (Å²) in [5, 5.41) is 21.0. The molecule has 0 unspecified atom stereocenters. The van der Waals surface area contributed by atoms with Crippen molar-refractivity contribution in [3.63, 3.8) is 0 Å². The Kier molecular flexibility index (Phi) is 4.13. The first-order valence-electron chi connectivity index (χ1n) is 6.07. The highest BCUT2D eigenvalue weighted by Gasteiger charge is 2.13. The molecule has 7 nitrogen and oxygen atoms in total. The van der Waals surface area contributed by atoms with Crippen LogP contribution in [-0.4, -0.2) is 34.2 Å². The van der Waals surface area contributed by atoms with Crippen LogP contribution in [0.1, 0.15) is 15.9 Å². The van der Waals surface area contributed by atoms with Gasteiger partial charge in [0.2, 0.25) is 0 Å². The van der Waals surface area contributed by atoms with Crippen LogP contribution in [-0.2, 0) is 6.54 Å². The van der Waals surface area contributed by atoms with Gasteiger partial charge in [-0.15, -0.1) is 0 Å². The first kappa shape index (κ1) is 14.4.